The van der Waals surface area contributed by atoms with Crippen molar-refractivity contribution in [3.63, 3.8) is 0 Å². The molecule has 1 saturated carbocycles. The Labute approximate surface area is 119 Å². The predicted molar refractivity (Wildman–Crippen MR) is 79.9 cm³/mol. The highest BCUT2D eigenvalue weighted by atomic mass is 16.6. The normalized spacial score (nSPS) is 17.7. The van der Waals surface area contributed by atoms with E-state index in [0.717, 1.165) is 6.42 Å². The number of nitrogens with one attached hydrogen (secondary N) is 1. The number of aromatic nitrogens is 1. The molecule has 0 saturated heterocycles. The van der Waals surface area contributed by atoms with Crippen LogP contribution in [0.3, 0.4) is 0 Å². The third kappa shape index (κ3) is 3.46. The zero-order valence-electron chi connectivity index (χ0n) is 12.3. The van der Waals surface area contributed by atoms with Gasteiger partial charge in [0, 0.05) is 17.8 Å². The van der Waals surface area contributed by atoms with E-state index in [2.05, 4.69) is 17.2 Å². The average molecular weight is 277 g/mol. The Kier molecular flexibility index (Phi) is 4.93. The zero-order valence-corrected chi connectivity index (χ0v) is 12.3. The second kappa shape index (κ2) is 6.68. The van der Waals surface area contributed by atoms with Crippen LogP contribution in [0.5, 0.6) is 0 Å². The highest BCUT2D eigenvalue weighted by Gasteiger charge is 2.23. The Morgan fingerprint density at radius 3 is 2.75 bits per heavy atom. The monoisotopic (exact) mass is 277 g/mol. The lowest BCUT2D eigenvalue weighted by Gasteiger charge is -2.30. The first-order valence-corrected chi connectivity index (χ1v) is 7.49. The van der Waals surface area contributed by atoms with Crippen molar-refractivity contribution < 1.29 is 4.92 Å². The summed E-state index contributed by atoms with van der Waals surface area (Å²) in [5.41, 5.74) is 0.743. The van der Waals surface area contributed by atoms with Crippen LogP contribution in [0.25, 0.3) is 0 Å². The minimum Gasteiger partial charge on any atom is -0.367 e. The highest BCUT2D eigenvalue weighted by Crippen LogP contribution is 2.30. The largest absolute Gasteiger partial charge is 0.367 e. The molecule has 1 aliphatic rings. The Hall–Kier alpha value is -1.65. The van der Waals surface area contributed by atoms with Crippen molar-refractivity contribution >= 4 is 11.5 Å². The number of anilines is 1. The molecule has 0 aromatic carbocycles. The molecule has 1 aromatic heterocycles. The summed E-state index contributed by atoms with van der Waals surface area (Å²) in [4.78, 5) is 14.9. The third-order valence-corrected chi connectivity index (χ3v) is 4.26. The molecule has 0 amide bonds. The van der Waals surface area contributed by atoms with Crippen LogP contribution in [0, 0.1) is 23.0 Å². The Balaban J connectivity index is 2.10. The molecule has 1 fully saturated rings. The van der Waals surface area contributed by atoms with Gasteiger partial charge in [-0.3, -0.25) is 10.1 Å². The number of hydrogen-bond acceptors (Lipinski definition) is 4. The lowest BCUT2D eigenvalue weighted by atomic mass is 9.83. The number of pyridine rings is 1. The number of nitro groups is 1. The van der Waals surface area contributed by atoms with Gasteiger partial charge in [-0.15, -0.1) is 0 Å². The number of hydrogen-bond donors (Lipinski definition) is 1. The van der Waals surface area contributed by atoms with Crippen LogP contribution in [0.1, 0.15) is 51.0 Å². The summed E-state index contributed by atoms with van der Waals surface area (Å²) < 4.78 is 0. The first kappa shape index (κ1) is 14.8. The molecule has 1 unspecified atom stereocenters. The van der Waals surface area contributed by atoms with Crippen LogP contribution in [0.15, 0.2) is 12.3 Å². The van der Waals surface area contributed by atoms with Gasteiger partial charge in [0.2, 0.25) is 0 Å². The van der Waals surface area contributed by atoms with Crippen molar-refractivity contribution in [3.05, 3.63) is 27.9 Å². The molecule has 0 radical (unpaired) electrons. The second-order valence-corrected chi connectivity index (χ2v) is 5.67. The fourth-order valence-corrected chi connectivity index (χ4v) is 3.07. The van der Waals surface area contributed by atoms with Crippen molar-refractivity contribution in [3.8, 4) is 0 Å². The Bertz CT molecular complexity index is 470. The Morgan fingerprint density at radius 1 is 1.45 bits per heavy atom. The number of rotatable bonds is 5. The average Bonchev–Trinajstić information content (AvgIpc) is 2.47. The molecular weight excluding hydrogens is 254 g/mol. The second-order valence-electron chi connectivity index (χ2n) is 5.67. The van der Waals surface area contributed by atoms with Gasteiger partial charge in [0.25, 0.3) is 5.69 Å². The SMILES string of the molecule is CCC(Nc1cc([N+](=O)[O-])c(C)cn1)C1CCCCC1. The summed E-state index contributed by atoms with van der Waals surface area (Å²) in [5, 5.41) is 14.4. The van der Waals surface area contributed by atoms with Crippen LogP contribution in [-0.4, -0.2) is 15.9 Å². The first-order chi connectivity index (χ1) is 9.61. The molecule has 0 bridgehead atoms. The van der Waals surface area contributed by atoms with Gasteiger partial charge in [-0.25, -0.2) is 4.98 Å². The van der Waals surface area contributed by atoms with E-state index in [1.165, 1.54) is 32.1 Å². The van der Waals surface area contributed by atoms with E-state index in [0.29, 0.717) is 23.3 Å². The molecule has 5 nitrogen and oxygen atoms in total. The predicted octanol–water partition coefficient (Wildman–Crippen LogP) is 4.07. The quantitative estimate of drug-likeness (QED) is 0.650. The molecule has 5 heteroatoms. The molecule has 1 atom stereocenters. The fourth-order valence-electron chi connectivity index (χ4n) is 3.07. The Morgan fingerprint density at radius 2 is 2.15 bits per heavy atom. The summed E-state index contributed by atoms with van der Waals surface area (Å²) in [6, 6.07) is 1.92. The molecule has 1 aliphatic carbocycles. The van der Waals surface area contributed by atoms with Crippen molar-refractivity contribution in [2.75, 3.05) is 5.32 Å². The van der Waals surface area contributed by atoms with Crippen molar-refractivity contribution in [2.45, 2.75) is 58.4 Å². The van der Waals surface area contributed by atoms with Gasteiger partial charge >= 0.3 is 0 Å². The van der Waals surface area contributed by atoms with Crippen molar-refractivity contribution in [1.29, 1.82) is 0 Å². The highest BCUT2D eigenvalue weighted by molar-refractivity contribution is 5.49. The van der Waals surface area contributed by atoms with E-state index >= 15 is 0 Å². The molecule has 2 rings (SSSR count). The molecule has 0 spiro atoms. The van der Waals surface area contributed by atoms with E-state index in [-0.39, 0.29) is 10.6 Å². The minimum absolute atomic E-state index is 0.140. The van der Waals surface area contributed by atoms with E-state index in [1.54, 1.807) is 19.2 Å². The van der Waals surface area contributed by atoms with Gasteiger partial charge in [0.15, 0.2) is 0 Å². The van der Waals surface area contributed by atoms with Gasteiger partial charge in [-0.2, -0.15) is 0 Å². The minimum atomic E-state index is -0.343. The fraction of sp³-hybridized carbons (Fsp3) is 0.667. The van der Waals surface area contributed by atoms with E-state index in [9.17, 15) is 10.1 Å². The van der Waals surface area contributed by atoms with Crippen LogP contribution in [0.2, 0.25) is 0 Å². The molecule has 1 heterocycles. The lowest BCUT2D eigenvalue weighted by Crippen LogP contribution is -2.30. The molecular formula is C15H23N3O2. The smallest absolute Gasteiger partial charge is 0.277 e. The first-order valence-electron chi connectivity index (χ1n) is 7.49. The van der Waals surface area contributed by atoms with Gasteiger partial charge in [0.1, 0.15) is 5.82 Å². The van der Waals surface area contributed by atoms with E-state index in [4.69, 9.17) is 0 Å². The molecule has 1 N–H and O–H groups in total. The number of aryl methyl sites for hydroxylation is 1. The maximum absolute atomic E-state index is 11.0. The topological polar surface area (TPSA) is 68.1 Å². The number of nitrogens with zero attached hydrogens (tertiary/aromatic N) is 2. The maximum Gasteiger partial charge on any atom is 0.277 e. The molecule has 0 aliphatic heterocycles. The van der Waals surface area contributed by atoms with Crippen LogP contribution < -0.4 is 5.32 Å². The summed E-state index contributed by atoms with van der Waals surface area (Å²) in [6.07, 6.45) is 9.02. The van der Waals surface area contributed by atoms with Crippen molar-refractivity contribution in [1.82, 2.24) is 4.98 Å². The third-order valence-electron chi connectivity index (χ3n) is 4.26. The van der Waals surface area contributed by atoms with Crippen LogP contribution >= 0.6 is 0 Å². The molecule has 110 valence electrons. The van der Waals surface area contributed by atoms with E-state index in [1.807, 2.05) is 0 Å². The summed E-state index contributed by atoms with van der Waals surface area (Å²) in [5.74, 6) is 1.29. The zero-order chi connectivity index (χ0) is 14.5. The van der Waals surface area contributed by atoms with E-state index < -0.39 is 0 Å². The summed E-state index contributed by atoms with van der Waals surface area (Å²) >= 11 is 0. The lowest BCUT2D eigenvalue weighted by molar-refractivity contribution is -0.385. The van der Waals surface area contributed by atoms with Gasteiger partial charge in [-0.1, -0.05) is 26.2 Å². The van der Waals surface area contributed by atoms with Crippen molar-refractivity contribution in [2.24, 2.45) is 5.92 Å². The molecule has 20 heavy (non-hydrogen) atoms. The standard InChI is InChI=1S/C15H23N3O2/c1-3-13(12-7-5-4-6-8-12)17-15-9-14(18(19)20)11(2)10-16-15/h9-10,12-13H,3-8H2,1-2H3,(H,16,17). The van der Waals surface area contributed by atoms with Gasteiger partial charge in [-0.05, 0) is 32.1 Å². The van der Waals surface area contributed by atoms with Crippen LogP contribution in [0.4, 0.5) is 11.5 Å². The van der Waals surface area contributed by atoms with Gasteiger partial charge in [0.05, 0.1) is 11.0 Å². The summed E-state index contributed by atoms with van der Waals surface area (Å²) in [7, 11) is 0. The maximum atomic E-state index is 11.0. The van der Waals surface area contributed by atoms with Gasteiger partial charge < -0.3 is 5.32 Å². The van der Waals surface area contributed by atoms with Crippen LogP contribution in [-0.2, 0) is 0 Å². The summed E-state index contributed by atoms with van der Waals surface area (Å²) in [6.45, 7) is 3.88. The molecule has 1 aromatic rings.